The topological polar surface area (TPSA) is 81.2 Å². The van der Waals surface area contributed by atoms with E-state index in [0.29, 0.717) is 23.9 Å². The van der Waals surface area contributed by atoms with E-state index in [2.05, 4.69) is 15.3 Å². The summed E-state index contributed by atoms with van der Waals surface area (Å²) < 4.78 is 0. The van der Waals surface area contributed by atoms with Crippen LogP contribution in [0.25, 0.3) is 0 Å². The molecule has 4 atom stereocenters. The zero-order valence-electron chi connectivity index (χ0n) is 17.1. The van der Waals surface area contributed by atoms with Gasteiger partial charge in [0.1, 0.15) is 5.82 Å². The molecule has 0 bridgehead atoms. The smallest absolute Gasteiger partial charge is 0.228 e. The zero-order valence-corrected chi connectivity index (χ0v) is 17.8. The second-order valence-electron chi connectivity index (χ2n) is 9.01. The molecule has 7 heteroatoms. The Bertz CT molecular complexity index is 906. The molecule has 0 radical (unpaired) electrons. The molecule has 1 aromatic heterocycles. The minimum atomic E-state index is -0.720. The first-order valence-electron chi connectivity index (χ1n) is 11.1. The maximum atomic E-state index is 13.1. The number of hydrogen-bond acceptors (Lipinski definition) is 4. The Morgan fingerprint density at radius 2 is 2.10 bits per heavy atom. The average Bonchev–Trinajstić information content (AvgIpc) is 3.14. The fraction of sp³-hybridized carbons (Fsp3) is 0.565. The highest BCUT2D eigenvalue weighted by Crippen LogP contribution is 2.42. The monoisotopic (exact) mass is 428 g/mol. The molecule has 2 saturated carbocycles. The van der Waals surface area contributed by atoms with Crippen molar-refractivity contribution in [2.45, 2.75) is 62.6 Å². The molecule has 5 rings (SSSR count). The van der Waals surface area contributed by atoms with E-state index < -0.39 is 6.10 Å². The number of aliphatic hydroxyl groups is 1. The highest BCUT2D eigenvalue weighted by molar-refractivity contribution is 6.30. The molecule has 6 nitrogen and oxygen atoms in total. The molecule has 3 N–H and O–H groups in total. The number of nitrogens with one attached hydrogen (secondary N) is 2. The number of nitrogens with zero attached hydrogens (tertiary/aromatic N) is 2. The van der Waals surface area contributed by atoms with E-state index in [9.17, 15) is 9.90 Å². The Balaban J connectivity index is 1.36. The number of aromatic nitrogens is 2. The lowest BCUT2D eigenvalue weighted by Crippen LogP contribution is -2.38. The lowest BCUT2D eigenvalue weighted by atomic mass is 9.95. The Hall–Kier alpha value is -1.89. The maximum absolute atomic E-state index is 13.1. The van der Waals surface area contributed by atoms with Crippen molar-refractivity contribution in [2.75, 3.05) is 13.1 Å². The van der Waals surface area contributed by atoms with Gasteiger partial charge in [0.15, 0.2) is 0 Å². The van der Waals surface area contributed by atoms with Gasteiger partial charge in [0.25, 0.3) is 0 Å². The van der Waals surface area contributed by atoms with Gasteiger partial charge in [-0.2, -0.15) is 0 Å². The van der Waals surface area contributed by atoms with E-state index in [4.69, 9.17) is 11.6 Å². The van der Waals surface area contributed by atoms with Crippen LogP contribution >= 0.6 is 11.6 Å². The number of aliphatic hydroxyl groups excluding tert-OH is 1. The van der Waals surface area contributed by atoms with Crippen LogP contribution in [0.5, 0.6) is 0 Å². The second-order valence-corrected chi connectivity index (χ2v) is 9.44. The van der Waals surface area contributed by atoms with Gasteiger partial charge in [0.2, 0.25) is 5.91 Å². The van der Waals surface area contributed by atoms with Gasteiger partial charge in [-0.25, -0.2) is 4.98 Å². The first-order chi connectivity index (χ1) is 14.6. The molecule has 2 aromatic rings. The van der Waals surface area contributed by atoms with E-state index in [1.807, 2.05) is 35.4 Å². The van der Waals surface area contributed by atoms with Gasteiger partial charge < -0.3 is 20.3 Å². The van der Waals surface area contributed by atoms with Gasteiger partial charge in [-0.05, 0) is 49.8 Å². The standard InChI is InChI=1S/C23H29ClN4O2/c24-16-5-3-4-14(10-16)12-25-18-11-17(23(30)28-8-1-2-9-28)21(29)20(18)19-13-26-22(27-19)15-6-7-15/h3-5,10,13,15,17-18,20-21,25,29H,1-2,6-9,11-12H2,(H,26,27)/t17-,18+,20+,21+/m0/s1. The molecule has 1 aliphatic heterocycles. The lowest BCUT2D eigenvalue weighted by Gasteiger charge is -2.24. The Morgan fingerprint density at radius 3 is 2.83 bits per heavy atom. The van der Waals surface area contributed by atoms with Crippen molar-refractivity contribution < 1.29 is 9.90 Å². The van der Waals surface area contributed by atoms with Crippen LogP contribution in [0.2, 0.25) is 5.02 Å². The molecule has 2 heterocycles. The molecular weight excluding hydrogens is 400 g/mol. The van der Waals surface area contributed by atoms with E-state index in [0.717, 1.165) is 43.0 Å². The van der Waals surface area contributed by atoms with E-state index in [-0.39, 0.29) is 23.8 Å². The molecule has 3 fully saturated rings. The summed E-state index contributed by atoms with van der Waals surface area (Å²) in [6.07, 6.45) is 6.22. The van der Waals surface area contributed by atoms with Crippen LogP contribution in [0.15, 0.2) is 30.5 Å². The first kappa shape index (κ1) is 20.0. The molecule has 0 unspecified atom stereocenters. The minimum Gasteiger partial charge on any atom is -0.392 e. The number of carbonyl (C=O) groups is 1. The summed E-state index contributed by atoms with van der Waals surface area (Å²) in [6.45, 7) is 2.26. The summed E-state index contributed by atoms with van der Waals surface area (Å²) in [4.78, 5) is 23.1. The van der Waals surface area contributed by atoms with Crippen LogP contribution in [-0.4, -0.2) is 51.1 Å². The van der Waals surface area contributed by atoms with E-state index in [1.165, 1.54) is 12.8 Å². The predicted molar refractivity (Wildman–Crippen MR) is 115 cm³/mol. The summed E-state index contributed by atoms with van der Waals surface area (Å²) in [5.74, 6) is 1.08. The van der Waals surface area contributed by atoms with Crippen molar-refractivity contribution in [1.82, 2.24) is 20.2 Å². The van der Waals surface area contributed by atoms with Crippen molar-refractivity contribution in [3.8, 4) is 0 Å². The molecular formula is C23H29ClN4O2. The number of hydrogen-bond donors (Lipinski definition) is 3. The lowest BCUT2D eigenvalue weighted by molar-refractivity contribution is -0.137. The van der Waals surface area contributed by atoms with Crippen molar-refractivity contribution >= 4 is 17.5 Å². The SMILES string of the molecule is O=C([C@H]1C[C@@H](NCc2cccc(Cl)c2)[C@H](c2cnc(C3CC3)[nH]2)[C@@H]1O)N1CCCC1. The van der Waals surface area contributed by atoms with Crippen molar-refractivity contribution in [2.24, 2.45) is 5.92 Å². The van der Waals surface area contributed by atoms with Crippen LogP contribution < -0.4 is 5.32 Å². The van der Waals surface area contributed by atoms with E-state index in [1.54, 1.807) is 0 Å². The first-order valence-corrected chi connectivity index (χ1v) is 11.5. The number of H-pyrrole nitrogens is 1. The van der Waals surface area contributed by atoms with Crippen molar-refractivity contribution in [3.63, 3.8) is 0 Å². The van der Waals surface area contributed by atoms with Crippen LogP contribution in [0, 0.1) is 5.92 Å². The number of amides is 1. The third kappa shape index (κ3) is 4.01. The molecule has 1 aromatic carbocycles. The van der Waals surface area contributed by atoms with Crippen LogP contribution in [-0.2, 0) is 11.3 Å². The van der Waals surface area contributed by atoms with Gasteiger partial charge >= 0.3 is 0 Å². The van der Waals surface area contributed by atoms with Gasteiger partial charge in [-0.1, -0.05) is 23.7 Å². The summed E-state index contributed by atoms with van der Waals surface area (Å²) in [6, 6.07) is 7.78. The quantitative estimate of drug-likeness (QED) is 0.660. The molecule has 1 amide bonds. The number of benzene rings is 1. The van der Waals surface area contributed by atoms with Gasteiger partial charge in [-0.3, -0.25) is 4.79 Å². The second kappa shape index (κ2) is 8.33. The predicted octanol–water partition coefficient (Wildman–Crippen LogP) is 3.19. The third-order valence-electron chi connectivity index (χ3n) is 6.85. The average molecular weight is 429 g/mol. The normalized spacial score (nSPS) is 28.9. The zero-order chi connectivity index (χ0) is 20.7. The van der Waals surface area contributed by atoms with E-state index >= 15 is 0 Å². The Morgan fingerprint density at radius 1 is 1.30 bits per heavy atom. The summed E-state index contributed by atoms with van der Waals surface area (Å²) in [7, 11) is 0. The van der Waals surface area contributed by atoms with Crippen LogP contribution in [0.3, 0.4) is 0 Å². The molecule has 3 aliphatic rings. The molecule has 2 aliphatic carbocycles. The molecule has 0 spiro atoms. The highest BCUT2D eigenvalue weighted by Gasteiger charge is 2.48. The number of imidazole rings is 1. The molecule has 160 valence electrons. The van der Waals surface area contributed by atoms with Crippen molar-refractivity contribution in [3.05, 3.63) is 52.6 Å². The Labute approximate surface area is 182 Å². The number of carbonyl (C=O) groups excluding carboxylic acids is 1. The third-order valence-corrected chi connectivity index (χ3v) is 7.09. The number of rotatable bonds is 6. The summed E-state index contributed by atoms with van der Waals surface area (Å²) in [5, 5.41) is 15.6. The van der Waals surface area contributed by atoms with Gasteiger partial charge in [0.05, 0.1) is 12.0 Å². The van der Waals surface area contributed by atoms with Crippen LogP contribution in [0.1, 0.15) is 61.0 Å². The number of likely N-dealkylation sites (tertiary alicyclic amines) is 1. The number of halogens is 1. The fourth-order valence-electron chi connectivity index (χ4n) is 5.06. The number of aromatic amines is 1. The fourth-order valence-corrected chi connectivity index (χ4v) is 5.27. The largest absolute Gasteiger partial charge is 0.392 e. The maximum Gasteiger partial charge on any atom is 0.228 e. The van der Waals surface area contributed by atoms with Gasteiger partial charge in [0, 0.05) is 54.4 Å². The molecule has 30 heavy (non-hydrogen) atoms. The van der Waals surface area contributed by atoms with Gasteiger partial charge in [-0.15, -0.1) is 0 Å². The summed E-state index contributed by atoms with van der Waals surface area (Å²) >= 11 is 6.13. The summed E-state index contributed by atoms with van der Waals surface area (Å²) in [5.41, 5.74) is 2.03. The Kier molecular flexibility index (Phi) is 5.56. The minimum absolute atomic E-state index is 0.0111. The highest BCUT2D eigenvalue weighted by atomic mass is 35.5. The van der Waals surface area contributed by atoms with Crippen molar-refractivity contribution in [1.29, 1.82) is 0 Å². The molecule has 1 saturated heterocycles. The van der Waals surface area contributed by atoms with Crippen LogP contribution in [0.4, 0.5) is 0 Å².